The fourth-order valence-electron chi connectivity index (χ4n) is 3.31. The van der Waals surface area contributed by atoms with Gasteiger partial charge in [0.15, 0.2) is 0 Å². The third-order valence-corrected chi connectivity index (χ3v) is 5.40. The number of rotatable bonds is 3. The van der Waals surface area contributed by atoms with Crippen LogP contribution in [0.3, 0.4) is 0 Å². The van der Waals surface area contributed by atoms with Crippen molar-refractivity contribution in [2.75, 3.05) is 13.7 Å². The van der Waals surface area contributed by atoms with Crippen molar-refractivity contribution in [3.05, 3.63) is 35.9 Å². The van der Waals surface area contributed by atoms with Gasteiger partial charge in [0.1, 0.15) is 0 Å². The van der Waals surface area contributed by atoms with Crippen LogP contribution in [-0.2, 0) is 11.3 Å². The lowest BCUT2D eigenvalue weighted by molar-refractivity contribution is 0.0172. The zero-order valence-corrected chi connectivity index (χ0v) is 11.6. The number of fused-ring (bicyclic) bond motifs is 2. The minimum Gasteiger partial charge on any atom is -0.380 e. The van der Waals surface area contributed by atoms with Crippen molar-refractivity contribution in [3.8, 4) is 0 Å². The average Bonchev–Trinajstić information content (AvgIpc) is 2.83. The number of piperidine rings is 1. The number of methoxy groups -OCH3 is 1. The minimum absolute atomic E-state index is 0.404. The maximum absolute atomic E-state index is 5.61. The first-order valence-electron chi connectivity index (χ1n) is 6.24. The Kier molecular flexibility index (Phi) is 3.24. The summed E-state index contributed by atoms with van der Waals surface area (Å²) in [5, 5.41) is 0. The standard InChI is InChI=1S/C14H18BrNO/c1-17-12-7-11-9-16(14(12)13(11)15)8-10-5-3-2-4-6-10/h2-6,11-14H,7-9H2,1H3/t11-,12-,13+,14+/m0/s1. The van der Waals surface area contributed by atoms with Crippen LogP contribution in [0.5, 0.6) is 0 Å². The lowest BCUT2D eigenvalue weighted by atomic mass is 10.1. The van der Waals surface area contributed by atoms with Crippen molar-refractivity contribution in [3.63, 3.8) is 0 Å². The molecule has 2 bridgehead atoms. The molecule has 0 N–H and O–H groups in total. The van der Waals surface area contributed by atoms with Gasteiger partial charge >= 0.3 is 0 Å². The van der Waals surface area contributed by atoms with E-state index in [2.05, 4.69) is 51.2 Å². The Hall–Kier alpha value is -0.380. The van der Waals surface area contributed by atoms with E-state index in [4.69, 9.17) is 4.74 Å². The number of hydrogen-bond donors (Lipinski definition) is 0. The Balaban J connectivity index is 1.73. The SMILES string of the molecule is CO[C@H]1C[C@H]2CN(Cc3ccccc3)[C@H]1[C@@H]2Br. The highest BCUT2D eigenvalue weighted by Gasteiger charge is 2.51. The Bertz CT molecular complexity index is 383. The molecule has 0 amide bonds. The smallest absolute Gasteiger partial charge is 0.0741 e. The van der Waals surface area contributed by atoms with Gasteiger partial charge in [0.05, 0.1) is 6.10 Å². The topological polar surface area (TPSA) is 12.5 Å². The van der Waals surface area contributed by atoms with Gasteiger partial charge in [-0.05, 0) is 17.9 Å². The van der Waals surface area contributed by atoms with Crippen LogP contribution in [0, 0.1) is 5.92 Å². The number of likely N-dealkylation sites (tertiary alicyclic amines) is 1. The van der Waals surface area contributed by atoms with Crippen molar-refractivity contribution in [2.45, 2.75) is 29.9 Å². The zero-order valence-electron chi connectivity index (χ0n) is 10.1. The summed E-state index contributed by atoms with van der Waals surface area (Å²) in [5.41, 5.74) is 1.40. The van der Waals surface area contributed by atoms with E-state index in [1.807, 2.05) is 7.11 Å². The number of halogens is 1. The molecule has 0 spiro atoms. The van der Waals surface area contributed by atoms with Crippen molar-refractivity contribution in [1.82, 2.24) is 4.90 Å². The quantitative estimate of drug-likeness (QED) is 0.795. The molecule has 2 fully saturated rings. The van der Waals surface area contributed by atoms with Gasteiger partial charge in [0, 0.05) is 31.1 Å². The lowest BCUT2D eigenvalue weighted by Gasteiger charge is -2.32. The summed E-state index contributed by atoms with van der Waals surface area (Å²) in [6.07, 6.45) is 1.62. The van der Waals surface area contributed by atoms with Crippen LogP contribution in [-0.4, -0.2) is 35.5 Å². The molecule has 1 saturated carbocycles. The maximum atomic E-state index is 5.61. The molecule has 1 heterocycles. The highest BCUT2D eigenvalue weighted by Crippen LogP contribution is 2.44. The van der Waals surface area contributed by atoms with Crippen LogP contribution in [0.25, 0.3) is 0 Å². The number of nitrogens with zero attached hydrogens (tertiary/aromatic N) is 1. The van der Waals surface area contributed by atoms with Crippen LogP contribution in [0.4, 0.5) is 0 Å². The molecule has 1 aromatic rings. The Morgan fingerprint density at radius 3 is 2.76 bits per heavy atom. The normalized spacial score (nSPS) is 36.6. The lowest BCUT2D eigenvalue weighted by Crippen LogP contribution is -2.42. The first-order valence-corrected chi connectivity index (χ1v) is 7.16. The van der Waals surface area contributed by atoms with Gasteiger partial charge in [-0.25, -0.2) is 0 Å². The molecule has 92 valence electrons. The molecular formula is C14H18BrNO. The van der Waals surface area contributed by atoms with Crippen molar-refractivity contribution >= 4 is 15.9 Å². The van der Waals surface area contributed by atoms with Gasteiger partial charge in [-0.1, -0.05) is 46.3 Å². The predicted molar refractivity (Wildman–Crippen MR) is 72.3 cm³/mol. The van der Waals surface area contributed by atoms with Crippen molar-refractivity contribution in [2.24, 2.45) is 5.92 Å². The van der Waals surface area contributed by atoms with Gasteiger partial charge in [-0.15, -0.1) is 0 Å². The second-order valence-corrected chi connectivity index (χ2v) is 6.18. The first kappa shape index (κ1) is 11.7. The molecule has 2 nitrogen and oxygen atoms in total. The molecule has 4 atom stereocenters. The summed E-state index contributed by atoms with van der Waals surface area (Å²) in [5.74, 6) is 0.758. The fourth-order valence-corrected chi connectivity index (χ4v) is 4.37. The molecule has 1 aliphatic heterocycles. The third-order valence-electron chi connectivity index (χ3n) is 4.11. The third kappa shape index (κ3) is 2.05. The van der Waals surface area contributed by atoms with Gasteiger partial charge in [0.25, 0.3) is 0 Å². The number of hydrogen-bond acceptors (Lipinski definition) is 2. The summed E-state index contributed by atoms with van der Waals surface area (Å²) >= 11 is 3.84. The van der Waals surface area contributed by atoms with E-state index in [1.54, 1.807) is 0 Å². The Morgan fingerprint density at radius 2 is 2.12 bits per heavy atom. The molecule has 17 heavy (non-hydrogen) atoms. The van der Waals surface area contributed by atoms with E-state index >= 15 is 0 Å². The molecule has 3 rings (SSSR count). The first-order chi connectivity index (χ1) is 8.29. The predicted octanol–water partition coefficient (Wildman–Crippen LogP) is 2.67. The van der Waals surface area contributed by atoms with Crippen LogP contribution >= 0.6 is 15.9 Å². The fraction of sp³-hybridized carbons (Fsp3) is 0.571. The molecule has 1 aliphatic carbocycles. The van der Waals surface area contributed by atoms with Crippen LogP contribution < -0.4 is 0 Å². The van der Waals surface area contributed by atoms with E-state index in [1.165, 1.54) is 18.5 Å². The molecule has 1 aromatic carbocycles. The molecule has 0 radical (unpaired) electrons. The zero-order chi connectivity index (χ0) is 11.8. The molecule has 0 aromatic heterocycles. The van der Waals surface area contributed by atoms with Gasteiger partial charge in [-0.2, -0.15) is 0 Å². The van der Waals surface area contributed by atoms with Crippen molar-refractivity contribution in [1.29, 1.82) is 0 Å². The summed E-state index contributed by atoms with van der Waals surface area (Å²) in [7, 11) is 1.84. The maximum Gasteiger partial charge on any atom is 0.0741 e. The van der Waals surface area contributed by atoms with Crippen molar-refractivity contribution < 1.29 is 4.74 Å². The van der Waals surface area contributed by atoms with E-state index in [-0.39, 0.29) is 0 Å². The summed E-state index contributed by atoms with van der Waals surface area (Å²) < 4.78 is 5.61. The largest absolute Gasteiger partial charge is 0.380 e. The van der Waals surface area contributed by atoms with Gasteiger partial charge in [-0.3, -0.25) is 4.90 Å². The number of benzene rings is 1. The molecule has 0 unspecified atom stereocenters. The average molecular weight is 296 g/mol. The molecular weight excluding hydrogens is 278 g/mol. The van der Waals surface area contributed by atoms with E-state index in [9.17, 15) is 0 Å². The molecule has 2 aliphatic rings. The second kappa shape index (κ2) is 4.71. The monoisotopic (exact) mass is 295 g/mol. The highest BCUT2D eigenvalue weighted by molar-refractivity contribution is 9.09. The summed E-state index contributed by atoms with van der Waals surface area (Å²) in [6.45, 7) is 2.25. The van der Waals surface area contributed by atoms with Crippen LogP contribution in [0.15, 0.2) is 30.3 Å². The highest BCUT2D eigenvalue weighted by atomic mass is 79.9. The molecule has 3 heteroatoms. The summed E-state index contributed by atoms with van der Waals surface area (Å²) in [6, 6.07) is 11.3. The Labute approximate surface area is 111 Å². The van der Waals surface area contributed by atoms with E-state index < -0.39 is 0 Å². The van der Waals surface area contributed by atoms with Crippen LogP contribution in [0.2, 0.25) is 0 Å². The Morgan fingerprint density at radius 1 is 1.35 bits per heavy atom. The summed E-state index contributed by atoms with van der Waals surface area (Å²) in [4.78, 5) is 3.17. The number of ether oxygens (including phenoxy) is 1. The van der Waals surface area contributed by atoms with Gasteiger partial charge < -0.3 is 4.74 Å². The van der Waals surface area contributed by atoms with E-state index in [0.29, 0.717) is 17.0 Å². The van der Waals surface area contributed by atoms with Crippen LogP contribution in [0.1, 0.15) is 12.0 Å². The minimum atomic E-state index is 0.404. The van der Waals surface area contributed by atoms with Gasteiger partial charge in [0.2, 0.25) is 0 Å². The second-order valence-electron chi connectivity index (χ2n) is 5.12. The number of alkyl halides is 1. The van der Waals surface area contributed by atoms with E-state index in [0.717, 1.165) is 12.5 Å². The molecule has 1 saturated heterocycles.